The molecule has 1 atom stereocenters. The van der Waals surface area contributed by atoms with Crippen molar-refractivity contribution in [2.75, 3.05) is 13.2 Å². The Morgan fingerprint density at radius 1 is 1.36 bits per heavy atom. The molecule has 3 nitrogen and oxygen atoms in total. The van der Waals surface area contributed by atoms with Crippen LogP contribution in [0.15, 0.2) is 24.3 Å². The quantitative estimate of drug-likeness (QED) is 0.496. The molecule has 0 spiro atoms. The molecule has 1 aromatic rings. The number of hydrogen-bond acceptors (Lipinski definition) is 3. The number of rotatable bonds is 10. The molecule has 0 heterocycles. The molecule has 0 saturated heterocycles. The van der Waals surface area contributed by atoms with Crippen LogP contribution in [-0.2, 0) is 14.9 Å². The molecule has 1 aliphatic carbocycles. The van der Waals surface area contributed by atoms with Crippen LogP contribution in [0.5, 0.6) is 0 Å². The van der Waals surface area contributed by atoms with E-state index >= 15 is 0 Å². The number of benzene rings is 1. The summed E-state index contributed by atoms with van der Waals surface area (Å²) in [5.74, 6) is 0.250. The highest BCUT2D eigenvalue weighted by Gasteiger charge is 2.45. The molecule has 1 unspecified atom stereocenters. The van der Waals surface area contributed by atoms with Gasteiger partial charge in [-0.3, -0.25) is 4.79 Å². The molecular formula is C21H32FNO2. The van der Waals surface area contributed by atoms with Crippen LogP contribution in [-0.4, -0.2) is 25.2 Å². The van der Waals surface area contributed by atoms with Crippen LogP contribution in [0.4, 0.5) is 4.39 Å². The first-order chi connectivity index (χ1) is 12.0. The van der Waals surface area contributed by atoms with E-state index in [1.807, 2.05) is 13.0 Å². The van der Waals surface area contributed by atoms with Gasteiger partial charge in [0.05, 0.1) is 0 Å². The van der Waals surface area contributed by atoms with Gasteiger partial charge in [-0.05, 0) is 49.3 Å². The molecule has 25 heavy (non-hydrogen) atoms. The predicted octanol–water partition coefficient (Wildman–Crippen LogP) is 4.60. The summed E-state index contributed by atoms with van der Waals surface area (Å²) in [4.78, 5) is 11.5. The Morgan fingerprint density at radius 2 is 2.12 bits per heavy atom. The van der Waals surface area contributed by atoms with Crippen LogP contribution in [0.2, 0.25) is 0 Å². The van der Waals surface area contributed by atoms with Crippen LogP contribution in [0, 0.1) is 11.7 Å². The molecule has 140 valence electrons. The largest absolute Gasteiger partial charge is 0.464 e. The Labute approximate surface area is 151 Å². The average Bonchev–Trinajstić information content (AvgIpc) is 2.50. The van der Waals surface area contributed by atoms with E-state index in [9.17, 15) is 9.18 Å². The predicted molar refractivity (Wildman–Crippen MR) is 99.0 cm³/mol. The second kappa shape index (κ2) is 9.33. The van der Waals surface area contributed by atoms with Gasteiger partial charge in [0.15, 0.2) is 0 Å². The van der Waals surface area contributed by atoms with Crippen LogP contribution >= 0.6 is 0 Å². The maximum absolute atomic E-state index is 13.8. The van der Waals surface area contributed by atoms with Crippen molar-refractivity contribution in [3.8, 4) is 0 Å². The van der Waals surface area contributed by atoms with Gasteiger partial charge in [-0.2, -0.15) is 0 Å². The van der Waals surface area contributed by atoms with E-state index in [0.717, 1.165) is 31.2 Å². The van der Waals surface area contributed by atoms with Gasteiger partial charge < -0.3 is 10.1 Å². The molecular weight excluding hydrogens is 317 g/mol. The Bertz CT molecular complexity index is 555. The summed E-state index contributed by atoms with van der Waals surface area (Å²) < 4.78 is 19.0. The van der Waals surface area contributed by atoms with Gasteiger partial charge in [-0.1, -0.05) is 39.3 Å². The lowest BCUT2D eigenvalue weighted by molar-refractivity contribution is -0.143. The zero-order chi connectivity index (χ0) is 18.3. The Kier molecular flexibility index (Phi) is 7.42. The molecule has 4 heteroatoms. The number of carbonyl (C=O) groups is 1. The Hall–Kier alpha value is -1.42. The molecule has 1 N–H and O–H groups in total. The molecule has 0 aromatic heterocycles. The Balaban J connectivity index is 2.03. The van der Waals surface area contributed by atoms with E-state index in [0.29, 0.717) is 25.5 Å². The normalized spacial score (nSPS) is 17.2. The summed E-state index contributed by atoms with van der Waals surface area (Å²) in [5.41, 5.74) is 1.10. The number of ether oxygens (including phenoxy) is 1. The van der Waals surface area contributed by atoms with Gasteiger partial charge in [-0.25, -0.2) is 4.39 Å². The van der Waals surface area contributed by atoms with Crippen molar-refractivity contribution < 1.29 is 13.9 Å². The molecule has 1 aliphatic rings. The van der Waals surface area contributed by atoms with Crippen LogP contribution < -0.4 is 5.32 Å². The van der Waals surface area contributed by atoms with E-state index in [-0.39, 0.29) is 23.2 Å². The zero-order valence-corrected chi connectivity index (χ0v) is 15.8. The third-order valence-corrected chi connectivity index (χ3v) is 5.23. The monoisotopic (exact) mass is 349 g/mol. The summed E-state index contributed by atoms with van der Waals surface area (Å²) in [6.45, 7) is 7.44. The standard InChI is InChI=1S/C21H32FNO2/c1-4-7-20(24)25-13-12-23-19(14-16(2)3)21(10-6-11-21)17-8-5-9-18(22)15-17/h5,8-9,15-16,19,23H,4,6-7,10-14H2,1-3H3. The molecule has 2 rings (SSSR count). The van der Waals surface area contributed by atoms with Gasteiger partial charge in [0.1, 0.15) is 12.4 Å². The van der Waals surface area contributed by atoms with Crippen molar-refractivity contribution in [2.24, 2.45) is 5.92 Å². The van der Waals surface area contributed by atoms with Crippen molar-refractivity contribution >= 4 is 5.97 Å². The average molecular weight is 349 g/mol. The lowest BCUT2D eigenvalue weighted by Crippen LogP contribution is -2.54. The second-order valence-corrected chi connectivity index (χ2v) is 7.63. The third kappa shape index (κ3) is 5.27. The minimum atomic E-state index is -0.166. The Morgan fingerprint density at radius 3 is 2.68 bits per heavy atom. The first-order valence-corrected chi connectivity index (χ1v) is 9.63. The summed E-state index contributed by atoms with van der Waals surface area (Å²) >= 11 is 0. The maximum atomic E-state index is 13.8. The first kappa shape index (κ1) is 19.9. The highest BCUT2D eigenvalue weighted by molar-refractivity contribution is 5.69. The molecule has 1 saturated carbocycles. The number of hydrogen-bond donors (Lipinski definition) is 1. The fourth-order valence-electron chi connectivity index (χ4n) is 3.84. The third-order valence-electron chi connectivity index (χ3n) is 5.23. The zero-order valence-electron chi connectivity index (χ0n) is 15.8. The number of nitrogens with one attached hydrogen (secondary N) is 1. The molecule has 1 fully saturated rings. The maximum Gasteiger partial charge on any atom is 0.305 e. The number of carbonyl (C=O) groups excluding carboxylic acids is 1. The summed E-state index contributed by atoms with van der Waals surface area (Å²) in [6, 6.07) is 7.33. The molecule has 0 amide bonds. The number of esters is 1. The summed E-state index contributed by atoms with van der Waals surface area (Å²) in [5, 5.41) is 3.61. The van der Waals surface area contributed by atoms with E-state index in [1.54, 1.807) is 6.07 Å². The first-order valence-electron chi connectivity index (χ1n) is 9.63. The molecule has 0 bridgehead atoms. The van der Waals surface area contributed by atoms with Crippen molar-refractivity contribution in [2.45, 2.75) is 70.8 Å². The van der Waals surface area contributed by atoms with Crippen molar-refractivity contribution in [1.82, 2.24) is 5.32 Å². The lowest BCUT2D eigenvalue weighted by atomic mass is 9.59. The lowest BCUT2D eigenvalue weighted by Gasteiger charge is -2.49. The fraction of sp³-hybridized carbons (Fsp3) is 0.667. The van der Waals surface area contributed by atoms with Gasteiger partial charge in [0.25, 0.3) is 0 Å². The van der Waals surface area contributed by atoms with Crippen LogP contribution in [0.25, 0.3) is 0 Å². The van der Waals surface area contributed by atoms with Gasteiger partial charge in [0.2, 0.25) is 0 Å². The second-order valence-electron chi connectivity index (χ2n) is 7.63. The molecule has 0 radical (unpaired) electrons. The van der Waals surface area contributed by atoms with Crippen LogP contribution in [0.1, 0.15) is 64.9 Å². The topological polar surface area (TPSA) is 38.3 Å². The van der Waals surface area contributed by atoms with Gasteiger partial charge in [0, 0.05) is 24.4 Å². The van der Waals surface area contributed by atoms with Crippen molar-refractivity contribution in [3.63, 3.8) is 0 Å². The SMILES string of the molecule is CCCC(=O)OCCNC(CC(C)C)C1(c2cccc(F)c2)CCC1. The van der Waals surface area contributed by atoms with Gasteiger partial charge >= 0.3 is 5.97 Å². The minimum absolute atomic E-state index is 0.000201. The van der Waals surface area contributed by atoms with E-state index < -0.39 is 0 Å². The highest BCUT2D eigenvalue weighted by Crippen LogP contribution is 2.48. The molecule has 1 aromatic carbocycles. The highest BCUT2D eigenvalue weighted by atomic mass is 19.1. The van der Waals surface area contributed by atoms with Crippen molar-refractivity contribution in [1.29, 1.82) is 0 Å². The van der Waals surface area contributed by atoms with E-state index in [2.05, 4.69) is 25.2 Å². The van der Waals surface area contributed by atoms with Crippen molar-refractivity contribution in [3.05, 3.63) is 35.6 Å². The summed E-state index contributed by atoms with van der Waals surface area (Å²) in [7, 11) is 0. The van der Waals surface area contributed by atoms with Gasteiger partial charge in [-0.15, -0.1) is 0 Å². The van der Waals surface area contributed by atoms with E-state index in [4.69, 9.17) is 4.74 Å². The smallest absolute Gasteiger partial charge is 0.305 e. The summed E-state index contributed by atoms with van der Waals surface area (Å²) in [6.07, 6.45) is 5.65. The van der Waals surface area contributed by atoms with Crippen LogP contribution in [0.3, 0.4) is 0 Å². The fourth-order valence-corrected chi connectivity index (χ4v) is 3.84. The van der Waals surface area contributed by atoms with E-state index in [1.165, 1.54) is 12.5 Å². The molecule has 0 aliphatic heterocycles. The number of halogens is 1. The minimum Gasteiger partial charge on any atom is -0.464 e.